The summed E-state index contributed by atoms with van der Waals surface area (Å²) in [5.74, 6) is -1.08. The standard InChI is InChI=1S/C23H17BrClFN4O3S/c1-34(32,33)20-10-16(26)5-6-19(20)30(23(31)15-4-7-21(24)28-11-15)12-13-2-3-14-9-17(25)22(27)29-18(14)8-13/h2-11H,12H2,1H3,(H2,27,29). The van der Waals surface area contributed by atoms with Gasteiger partial charge in [0, 0.05) is 17.8 Å². The molecular formula is C23H17BrClFN4O3S. The molecule has 0 atom stereocenters. The van der Waals surface area contributed by atoms with E-state index in [9.17, 15) is 17.6 Å². The summed E-state index contributed by atoms with van der Waals surface area (Å²) >= 11 is 9.27. The smallest absolute Gasteiger partial charge is 0.260 e. The fourth-order valence-electron chi connectivity index (χ4n) is 3.42. The van der Waals surface area contributed by atoms with Crippen molar-refractivity contribution in [2.45, 2.75) is 11.4 Å². The van der Waals surface area contributed by atoms with Crippen LogP contribution in [0.2, 0.25) is 5.02 Å². The summed E-state index contributed by atoms with van der Waals surface area (Å²) in [6.07, 6.45) is 2.33. The third-order valence-corrected chi connectivity index (χ3v) is 6.93. The molecule has 4 rings (SSSR count). The van der Waals surface area contributed by atoms with Crippen LogP contribution >= 0.6 is 27.5 Å². The number of hydrogen-bond acceptors (Lipinski definition) is 6. The molecule has 11 heteroatoms. The molecule has 0 radical (unpaired) electrons. The molecule has 4 aromatic rings. The van der Waals surface area contributed by atoms with E-state index in [4.69, 9.17) is 17.3 Å². The van der Waals surface area contributed by atoms with E-state index in [1.165, 1.54) is 17.2 Å². The van der Waals surface area contributed by atoms with Crippen LogP contribution in [-0.4, -0.2) is 30.5 Å². The first kappa shape index (κ1) is 24.1. The minimum Gasteiger partial charge on any atom is -0.382 e. The molecule has 7 nitrogen and oxygen atoms in total. The Bertz CT molecular complexity index is 1530. The number of nitrogens with two attached hydrogens (primary N) is 1. The van der Waals surface area contributed by atoms with Crippen LogP contribution < -0.4 is 10.6 Å². The van der Waals surface area contributed by atoms with Crippen molar-refractivity contribution in [3.05, 3.63) is 87.4 Å². The molecule has 0 aliphatic heterocycles. The van der Waals surface area contributed by atoms with Crippen LogP contribution in [0.3, 0.4) is 0 Å². The second kappa shape index (κ2) is 9.28. The molecule has 0 aliphatic carbocycles. The van der Waals surface area contributed by atoms with Crippen LogP contribution in [0.4, 0.5) is 15.9 Å². The average molecular weight is 564 g/mol. The summed E-state index contributed by atoms with van der Waals surface area (Å²) in [5.41, 5.74) is 7.29. The molecule has 0 spiro atoms. The van der Waals surface area contributed by atoms with Crippen LogP contribution in [0, 0.1) is 5.82 Å². The topological polar surface area (TPSA) is 106 Å². The molecule has 0 unspecified atom stereocenters. The fourth-order valence-corrected chi connectivity index (χ4v) is 4.69. The van der Waals surface area contributed by atoms with Crippen LogP contribution in [-0.2, 0) is 16.4 Å². The zero-order chi connectivity index (χ0) is 24.6. The Morgan fingerprint density at radius 3 is 2.59 bits per heavy atom. The molecular weight excluding hydrogens is 547 g/mol. The van der Waals surface area contributed by atoms with E-state index in [-0.39, 0.29) is 28.5 Å². The number of amides is 1. The molecule has 0 fully saturated rings. The van der Waals surface area contributed by atoms with Crippen molar-refractivity contribution in [1.29, 1.82) is 0 Å². The van der Waals surface area contributed by atoms with Gasteiger partial charge in [-0.15, -0.1) is 0 Å². The minimum atomic E-state index is -3.86. The van der Waals surface area contributed by atoms with Crippen LogP contribution in [0.5, 0.6) is 0 Å². The number of anilines is 2. The Hall–Kier alpha value is -3.08. The van der Waals surface area contributed by atoms with Gasteiger partial charge in [0.05, 0.1) is 33.2 Å². The van der Waals surface area contributed by atoms with Crippen molar-refractivity contribution < 1.29 is 17.6 Å². The number of carbonyl (C=O) groups is 1. The van der Waals surface area contributed by atoms with E-state index < -0.39 is 21.6 Å². The predicted molar refractivity (Wildman–Crippen MR) is 133 cm³/mol. The Labute approximate surface area is 208 Å². The third kappa shape index (κ3) is 5.03. The number of benzene rings is 2. The molecule has 174 valence electrons. The molecule has 2 heterocycles. The summed E-state index contributed by atoms with van der Waals surface area (Å²) in [7, 11) is -3.86. The maximum atomic E-state index is 14.0. The lowest BCUT2D eigenvalue weighted by molar-refractivity contribution is 0.0984. The molecule has 0 bridgehead atoms. The summed E-state index contributed by atoms with van der Waals surface area (Å²) in [6.45, 7) is -0.0246. The number of aromatic nitrogens is 2. The monoisotopic (exact) mass is 562 g/mol. The quantitative estimate of drug-likeness (QED) is 0.342. The first-order chi connectivity index (χ1) is 16.0. The van der Waals surface area contributed by atoms with Crippen LogP contribution in [0.15, 0.2) is 70.3 Å². The van der Waals surface area contributed by atoms with E-state index in [1.54, 1.807) is 36.4 Å². The lowest BCUT2D eigenvalue weighted by Gasteiger charge is -2.25. The van der Waals surface area contributed by atoms with Gasteiger partial charge < -0.3 is 10.6 Å². The van der Waals surface area contributed by atoms with Gasteiger partial charge in [0.1, 0.15) is 16.2 Å². The lowest BCUT2D eigenvalue weighted by Crippen LogP contribution is -2.32. The Balaban J connectivity index is 1.85. The molecule has 0 saturated heterocycles. The van der Waals surface area contributed by atoms with E-state index in [0.717, 1.165) is 23.8 Å². The summed E-state index contributed by atoms with van der Waals surface area (Å²) in [6, 6.07) is 13.4. The fraction of sp³-hybridized carbons (Fsp3) is 0.0870. The molecule has 2 aromatic heterocycles. The number of hydrogen-bond donors (Lipinski definition) is 1. The van der Waals surface area contributed by atoms with Gasteiger partial charge in [0.2, 0.25) is 0 Å². The van der Waals surface area contributed by atoms with Gasteiger partial charge >= 0.3 is 0 Å². The number of fused-ring (bicyclic) bond motifs is 1. The second-order valence-corrected chi connectivity index (χ2v) is 10.7. The largest absolute Gasteiger partial charge is 0.382 e. The maximum Gasteiger partial charge on any atom is 0.260 e. The van der Waals surface area contributed by atoms with Crippen molar-refractivity contribution in [2.75, 3.05) is 16.9 Å². The molecule has 2 N–H and O–H groups in total. The lowest BCUT2D eigenvalue weighted by atomic mass is 10.1. The van der Waals surface area contributed by atoms with Gasteiger partial charge in [-0.1, -0.05) is 23.7 Å². The Kier molecular flexibility index (Phi) is 6.57. The van der Waals surface area contributed by atoms with E-state index >= 15 is 0 Å². The number of nitrogens with zero attached hydrogens (tertiary/aromatic N) is 3. The average Bonchev–Trinajstić information content (AvgIpc) is 2.78. The minimum absolute atomic E-state index is 0.0246. The molecule has 2 aromatic carbocycles. The van der Waals surface area contributed by atoms with Crippen LogP contribution in [0.25, 0.3) is 10.9 Å². The van der Waals surface area contributed by atoms with Gasteiger partial charge in [0.15, 0.2) is 9.84 Å². The third-order valence-electron chi connectivity index (χ3n) is 5.03. The summed E-state index contributed by atoms with van der Waals surface area (Å²) < 4.78 is 39.4. The number of rotatable bonds is 5. The molecule has 1 amide bonds. The maximum absolute atomic E-state index is 14.0. The van der Waals surface area contributed by atoms with Crippen molar-refractivity contribution in [3.8, 4) is 0 Å². The zero-order valence-electron chi connectivity index (χ0n) is 17.7. The Morgan fingerprint density at radius 2 is 1.91 bits per heavy atom. The number of pyridine rings is 2. The first-order valence-corrected chi connectivity index (χ1v) is 12.9. The highest BCUT2D eigenvalue weighted by molar-refractivity contribution is 9.10. The highest BCUT2D eigenvalue weighted by atomic mass is 79.9. The van der Waals surface area contributed by atoms with Gasteiger partial charge in [-0.25, -0.2) is 22.8 Å². The normalized spacial score (nSPS) is 11.5. The van der Waals surface area contributed by atoms with E-state index in [2.05, 4.69) is 25.9 Å². The van der Waals surface area contributed by atoms with Gasteiger partial charge in [0.25, 0.3) is 5.91 Å². The first-order valence-electron chi connectivity index (χ1n) is 9.80. The van der Waals surface area contributed by atoms with Gasteiger partial charge in [-0.3, -0.25) is 4.79 Å². The van der Waals surface area contributed by atoms with Gasteiger partial charge in [-0.05, 0) is 64.0 Å². The van der Waals surface area contributed by atoms with Crippen molar-refractivity contribution >= 4 is 65.7 Å². The number of halogens is 3. The molecule has 34 heavy (non-hydrogen) atoms. The Morgan fingerprint density at radius 1 is 1.15 bits per heavy atom. The van der Waals surface area contributed by atoms with E-state index in [1.807, 2.05) is 0 Å². The second-order valence-electron chi connectivity index (χ2n) is 7.53. The van der Waals surface area contributed by atoms with Crippen LogP contribution in [0.1, 0.15) is 15.9 Å². The highest BCUT2D eigenvalue weighted by Gasteiger charge is 2.25. The van der Waals surface area contributed by atoms with E-state index in [0.29, 0.717) is 20.7 Å². The SMILES string of the molecule is CS(=O)(=O)c1cc(F)ccc1N(Cc1ccc2cc(Cl)c(N)nc2c1)C(=O)c1ccc(Br)nc1. The highest BCUT2D eigenvalue weighted by Crippen LogP contribution is 2.30. The number of sulfone groups is 1. The zero-order valence-corrected chi connectivity index (χ0v) is 20.8. The predicted octanol–water partition coefficient (Wildman–Crippen LogP) is 5.02. The van der Waals surface area contributed by atoms with Crippen molar-refractivity contribution in [1.82, 2.24) is 9.97 Å². The summed E-state index contributed by atoms with van der Waals surface area (Å²) in [5, 5.41) is 1.07. The van der Waals surface area contributed by atoms with Crippen molar-refractivity contribution in [3.63, 3.8) is 0 Å². The summed E-state index contributed by atoms with van der Waals surface area (Å²) in [4.78, 5) is 22.8. The number of nitrogen functional groups attached to an aromatic ring is 1. The molecule has 0 saturated carbocycles. The van der Waals surface area contributed by atoms with Crippen molar-refractivity contribution in [2.24, 2.45) is 0 Å². The van der Waals surface area contributed by atoms with Gasteiger partial charge in [-0.2, -0.15) is 0 Å². The molecule has 0 aliphatic rings. The number of carbonyl (C=O) groups excluding carboxylic acids is 1.